The number of non-ortho nitro benzene ring substituents is 1. The summed E-state index contributed by atoms with van der Waals surface area (Å²) < 4.78 is 31.1. The minimum absolute atomic E-state index is 0.0295. The number of hydrogen-bond acceptors (Lipinski definition) is 7. The molecule has 2 N–H and O–H groups in total. The van der Waals surface area contributed by atoms with Crippen molar-refractivity contribution in [2.24, 2.45) is 0 Å². The molecular formula is C25H21F2N7O3. The van der Waals surface area contributed by atoms with E-state index in [0.29, 0.717) is 12.1 Å². The Morgan fingerprint density at radius 3 is 2.51 bits per heavy atom. The molecule has 0 radical (unpaired) electrons. The van der Waals surface area contributed by atoms with Gasteiger partial charge in [0.1, 0.15) is 29.9 Å². The van der Waals surface area contributed by atoms with E-state index in [-0.39, 0.29) is 24.3 Å². The molecule has 37 heavy (non-hydrogen) atoms. The number of halogens is 2. The van der Waals surface area contributed by atoms with Crippen LogP contribution < -0.4 is 5.32 Å². The Labute approximate surface area is 209 Å². The fourth-order valence-corrected chi connectivity index (χ4v) is 4.14. The summed E-state index contributed by atoms with van der Waals surface area (Å²) in [5, 5.41) is 34.9. The van der Waals surface area contributed by atoms with E-state index in [2.05, 4.69) is 20.5 Å². The van der Waals surface area contributed by atoms with Crippen LogP contribution in [0.25, 0.3) is 10.9 Å². The maximum Gasteiger partial charge on any atom is 0.269 e. The molecule has 0 bridgehead atoms. The van der Waals surface area contributed by atoms with Crippen LogP contribution in [0.3, 0.4) is 0 Å². The number of aromatic nitrogens is 5. The number of rotatable bonds is 9. The van der Waals surface area contributed by atoms with Gasteiger partial charge < -0.3 is 10.4 Å². The molecule has 0 spiro atoms. The molecular weight excluding hydrogens is 484 g/mol. The number of aliphatic hydroxyl groups is 1. The van der Waals surface area contributed by atoms with E-state index in [1.54, 1.807) is 24.4 Å². The van der Waals surface area contributed by atoms with Crippen molar-refractivity contribution in [3.8, 4) is 0 Å². The summed E-state index contributed by atoms with van der Waals surface area (Å²) in [6.45, 7) is 0.197. The second-order valence-corrected chi connectivity index (χ2v) is 8.63. The quantitative estimate of drug-likeness (QED) is 0.229. The van der Waals surface area contributed by atoms with Gasteiger partial charge in [-0.2, -0.15) is 10.2 Å². The number of anilines is 1. The first-order chi connectivity index (χ1) is 17.8. The van der Waals surface area contributed by atoms with Gasteiger partial charge in [0.2, 0.25) is 0 Å². The van der Waals surface area contributed by atoms with Crippen LogP contribution in [-0.2, 0) is 25.2 Å². The van der Waals surface area contributed by atoms with Crippen LogP contribution in [-0.4, -0.2) is 34.6 Å². The lowest BCUT2D eigenvalue weighted by molar-refractivity contribution is -0.384. The van der Waals surface area contributed by atoms with E-state index in [1.165, 1.54) is 40.2 Å². The summed E-state index contributed by atoms with van der Waals surface area (Å²) in [4.78, 5) is 14.2. The average molecular weight is 505 g/mol. The number of fused-ring (bicyclic) bond motifs is 1. The minimum atomic E-state index is -1.80. The molecule has 0 saturated carbocycles. The normalized spacial score (nSPS) is 12.9. The molecule has 5 aromatic rings. The minimum Gasteiger partial charge on any atom is -0.381 e. The number of nitrogens with one attached hydrogen (secondary N) is 1. The number of benzene rings is 3. The smallest absolute Gasteiger partial charge is 0.269 e. The zero-order valence-electron chi connectivity index (χ0n) is 19.3. The monoisotopic (exact) mass is 505 g/mol. The summed E-state index contributed by atoms with van der Waals surface area (Å²) in [6.07, 6.45) is 4.42. The van der Waals surface area contributed by atoms with Crippen molar-refractivity contribution >= 4 is 22.3 Å². The molecule has 0 fully saturated rings. The molecule has 0 aliphatic rings. The van der Waals surface area contributed by atoms with Gasteiger partial charge in [-0.3, -0.25) is 14.8 Å². The Hall–Kier alpha value is -4.71. The molecule has 0 saturated heterocycles. The van der Waals surface area contributed by atoms with E-state index in [9.17, 15) is 24.0 Å². The number of nitrogens with zero attached hydrogens (tertiary/aromatic N) is 6. The third kappa shape index (κ3) is 5.28. The van der Waals surface area contributed by atoms with Gasteiger partial charge in [0, 0.05) is 47.6 Å². The molecule has 0 aliphatic carbocycles. The summed E-state index contributed by atoms with van der Waals surface area (Å²) in [6, 6.07) is 14.8. The van der Waals surface area contributed by atoms with Crippen LogP contribution in [0, 0.1) is 21.7 Å². The van der Waals surface area contributed by atoms with Crippen LogP contribution in [0.1, 0.15) is 11.1 Å². The molecule has 1 unspecified atom stereocenters. The molecule has 1 atom stereocenters. The van der Waals surface area contributed by atoms with Crippen LogP contribution in [0.15, 0.2) is 79.5 Å². The van der Waals surface area contributed by atoms with Gasteiger partial charge >= 0.3 is 0 Å². The highest BCUT2D eigenvalue weighted by atomic mass is 19.1. The Balaban J connectivity index is 1.37. The number of nitro benzene ring substituents is 1. The van der Waals surface area contributed by atoms with Crippen molar-refractivity contribution in [3.63, 3.8) is 0 Å². The van der Waals surface area contributed by atoms with Gasteiger partial charge in [0.05, 0.1) is 23.5 Å². The molecule has 12 heteroatoms. The van der Waals surface area contributed by atoms with Gasteiger partial charge in [0.25, 0.3) is 5.69 Å². The van der Waals surface area contributed by atoms with Crippen molar-refractivity contribution in [1.29, 1.82) is 0 Å². The Kier molecular flexibility index (Phi) is 6.32. The third-order valence-electron chi connectivity index (χ3n) is 5.94. The molecule has 2 aromatic heterocycles. The first-order valence-electron chi connectivity index (χ1n) is 11.2. The molecule has 2 heterocycles. The average Bonchev–Trinajstić information content (AvgIpc) is 3.51. The van der Waals surface area contributed by atoms with Gasteiger partial charge in [-0.1, -0.05) is 18.2 Å². The zero-order chi connectivity index (χ0) is 26.0. The van der Waals surface area contributed by atoms with Crippen molar-refractivity contribution in [2.75, 3.05) is 5.32 Å². The standard InChI is InChI=1S/C25H21F2N7O3/c26-19-3-7-22(23(27)10-19)25(35,14-33-16-28-15-30-33)13-32-12-18-9-20(4-8-24(18)31-32)29-11-17-1-5-21(6-2-17)34(36)37/h1-10,12,15-16,29,35H,11,13-14H2. The second-order valence-electron chi connectivity index (χ2n) is 8.63. The van der Waals surface area contributed by atoms with Crippen molar-refractivity contribution < 1.29 is 18.8 Å². The Morgan fingerprint density at radius 2 is 1.81 bits per heavy atom. The predicted molar refractivity (Wildman–Crippen MR) is 130 cm³/mol. The second kappa shape index (κ2) is 9.74. The summed E-state index contributed by atoms with van der Waals surface area (Å²) in [7, 11) is 0. The van der Waals surface area contributed by atoms with Gasteiger partial charge in [-0.15, -0.1) is 0 Å². The lowest BCUT2D eigenvalue weighted by Crippen LogP contribution is -2.37. The van der Waals surface area contributed by atoms with Crippen molar-refractivity contribution in [1.82, 2.24) is 24.5 Å². The first-order valence-corrected chi connectivity index (χ1v) is 11.2. The molecule has 0 amide bonds. The summed E-state index contributed by atoms with van der Waals surface area (Å²) in [5.41, 5.74) is 0.471. The summed E-state index contributed by atoms with van der Waals surface area (Å²) >= 11 is 0. The third-order valence-corrected chi connectivity index (χ3v) is 5.94. The van der Waals surface area contributed by atoms with Crippen molar-refractivity contribution in [2.45, 2.75) is 25.2 Å². The fourth-order valence-electron chi connectivity index (χ4n) is 4.14. The van der Waals surface area contributed by atoms with E-state index < -0.39 is 22.2 Å². The Morgan fingerprint density at radius 1 is 1.03 bits per heavy atom. The largest absolute Gasteiger partial charge is 0.381 e. The maximum atomic E-state index is 14.7. The fraction of sp³-hybridized carbons (Fsp3) is 0.160. The van der Waals surface area contributed by atoms with Crippen molar-refractivity contribution in [3.05, 3.63) is 112 Å². The Bertz CT molecular complexity index is 1550. The molecule has 5 rings (SSSR count). The van der Waals surface area contributed by atoms with Crippen LogP contribution >= 0.6 is 0 Å². The van der Waals surface area contributed by atoms with E-state index in [1.807, 2.05) is 12.1 Å². The summed E-state index contributed by atoms with van der Waals surface area (Å²) in [5.74, 6) is -1.63. The lowest BCUT2D eigenvalue weighted by Gasteiger charge is -2.28. The van der Waals surface area contributed by atoms with E-state index in [4.69, 9.17) is 0 Å². The maximum absolute atomic E-state index is 14.7. The number of hydrogen-bond donors (Lipinski definition) is 2. The molecule has 188 valence electrons. The highest BCUT2D eigenvalue weighted by Gasteiger charge is 2.34. The van der Waals surface area contributed by atoms with Crippen LogP contribution in [0.4, 0.5) is 20.2 Å². The molecule has 0 aliphatic heterocycles. The highest BCUT2D eigenvalue weighted by Crippen LogP contribution is 2.29. The van der Waals surface area contributed by atoms with Gasteiger partial charge in [-0.05, 0) is 29.8 Å². The van der Waals surface area contributed by atoms with Crippen LogP contribution in [0.5, 0.6) is 0 Å². The number of nitro groups is 1. The van der Waals surface area contributed by atoms with Crippen LogP contribution in [0.2, 0.25) is 0 Å². The first kappa shape index (κ1) is 24.0. The lowest BCUT2D eigenvalue weighted by atomic mass is 9.93. The molecule has 10 nitrogen and oxygen atoms in total. The van der Waals surface area contributed by atoms with Gasteiger partial charge in [0.15, 0.2) is 0 Å². The van der Waals surface area contributed by atoms with Gasteiger partial charge in [-0.25, -0.2) is 18.4 Å². The predicted octanol–water partition coefficient (Wildman–Crippen LogP) is 4.01. The highest BCUT2D eigenvalue weighted by molar-refractivity contribution is 5.82. The topological polar surface area (TPSA) is 124 Å². The molecule has 3 aromatic carbocycles. The van der Waals surface area contributed by atoms with E-state index in [0.717, 1.165) is 28.8 Å². The van der Waals surface area contributed by atoms with E-state index >= 15 is 0 Å². The zero-order valence-corrected chi connectivity index (χ0v) is 19.3. The SMILES string of the molecule is O=[N+]([O-])c1ccc(CNc2ccc3nn(CC(O)(Cn4cncn4)c4ccc(F)cc4F)cc3c2)cc1.